The predicted octanol–water partition coefficient (Wildman–Crippen LogP) is 4.05. The highest BCUT2D eigenvalue weighted by molar-refractivity contribution is 5.92. The SMILES string of the molecule is CC(=O)N(C)c1ccc(NC(=O)N2CCC[C@@H]2Cc2cccc(F)c2)cc1. The number of hydrogen-bond donors (Lipinski definition) is 1. The molecule has 1 N–H and O–H groups in total. The third kappa shape index (κ3) is 4.64. The Morgan fingerprint density at radius 2 is 1.96 bits per heavy atom. The lowest BCUT2D eigenvalue weighted by Crippen LogP contribution is -2.39. The second-order valence-electron chi connectivity index (χ2n) is 6.88. The maximum absolute atomic E-state index is 13.4. The quantitative estimate of drug-likeness (QED) is 0.884. The standard InChI is InChI=1S/C21H24FN3O2/c1-15(26)24(2)19-10-8-18(9-11-19)23-21(27)25-12-4-7-20(25)14-16-5-3-6-17(22)13-16/h3,5-6,8-11,13,20H,4,7,12,14H2,1-2H3,(H,23,27)/t20-/m1/s1. The van der Waals surface area contributed by atoms with Gasteiger partial charge in [0, 0.05) is 37.9 Å². The van der Waals surface area contributed by atoms with Crippen LogP contribution in [0.25, 0.3) is 0 Å². The van der Waals surface area contributed by atoms with Gasteiger partial charge in [0.1, 0.15) is 5.82 Å². The molecule has 0 aromatic heterocycles. The molecule has 6 heteroatoms. The minimum atomic E-state index is -0.253. The topological polar surface area (TPSA) is 52.7 Å². The van der Waals surface area contributed by atoms with Gasteiger partial charge in [-0.05, 0) is 61.2 Å². The minimum Gasteiger partial charge on any atom is -0.321 e. The first-order chi connectivity index (χ1) is 12.9. The molecule has 142 valence electrons. The van der Waals surface area contributed by atoms with Crippen molar-refractivity contribution in [3.05, 3.63) is 59.9 Å². The van der Waals surface area contributed by atoms with Crippen molar-refractivity contribution in [2.45, 2.75) is 32.2 Å². The Hall–Kier alpha value is -2.89. The highest BCUT2D eigenvalue weighted by Crippen LogP contribution is 2.23. The molecule has 3 rings (SSSR count). The monoisotopic (exact) mass is 369 g/mol. The van der Waals surface area contributed by atoms with Gasteiger partial charge in [-0.15, -0.1) is 0 Å². The molecule has 1 fully saturated rings. The first-order valence-electron chi connectivity index (χ1n) is 9.10. The fourth-order valence-corrected chi connectivity index (χ4v) is 3.40. The van der Waals surface area contributed by atoms with Crippen molar-refractivity contribution in [1.29, 1.82) is 0 Å². The zero-order valence-corrected chi connectivity index (χ0v) is 15.6. The molecule has 2 aromatic carbocycles. The van der Waals surface area contributed by atoms with Crippen LogP contribution >= 0.6 is 0 Å². The lowest BCUT2D eigenvalue weighted by molar-refractivity contribution is -0.116. The molecule has 2 aromatic rings. The van der Waals surface area contributed by atoms with Crippen LogP contribution in [-0.4, -0.2) is 36.5 Å². The van der Waals surface area contributed by atoms with Crippen molar-refractivity contribution in [3.63, 3.8) is 0 Å². The van der Waals surface area contributed by atoms with E-state index in [0.717, 1.165) is 24.1 Å². The van der Waals surface area contributed by atoms with E-state index in [4.69, 9.17) is 0 Å². The van der Waals surface area contributed by atoms with Crippen LogP contribution in [0.3, 0.4) is 0 Å². The van der Waals surface area contributed by atoms with Crippen molar-refractivity contribution < 1.29 is 14.0 Å². The van der Waals surface area contributed by atoms with E-state index in [9.17, 15) is 14.0 Å². The van der Waals surface area contributed by atoms with Gasteiger partial charge in [-0.3, -0.25) is 4.79 Å². The molecule has 1 aliphatic rings. The average molecular weight is 369 g/mol. The van der Waals surface area contributed by atoms with E-state index < -0.39 is 0 Å². The molecule has 0 bridgehead atoms. The summed E-state index contributed by atoms with van der Waals surface area (Å²) in [6, 6.07) is 13.6. The van der Waals surface area contributed by atoms with Crippen LogP contribution in [0.15, 0.2) is 48.5 Å². The van der Waals surface area contributed by atoms with E-state index in [1.807, 2.05) is 11.0 Å². The van der Waals surface area contributed by atoms with E-state index in [2.05, 4.69) is 5.32 Å². The number of urea groups is 1. The summed E-state index contributed by atoms with van der Waals surface area (Å²) in [5.74, 6) is -0.304. The van der Waals surface area contributed by atoms with E-state index >= 15 is 0 Å². The van der Waals surface area contributed by atoms with Crippen LogP contribution in [0.5, 0.6) is 0 Å². The minimum absolute atomic E-state index is 0.0518. The molecule has 1 aliphatic heterocycles. The normalized spacial score (nSPS) is 16.3. The summed E-state index contributed by atoms with van der Waals surface area (Å²) in [5, 5.41) is 2.92. The predicted molar refractivity (Wildman–Crippen MR) is 104 cm³/mol. The van der Waals surface area contributed by atoms with Crippen LogP contribution < -0.4 is 10.2 Å². The Labute approximate surface area is 158 Å². The van der Waals surface area contributed by atoms with Gasteiger partial charge in [0.05, 0.1) is 0 Å². The van der Waals surface area contributed by atoms with Gasteiger partial charge in [0.2, 0.25) is 5.91 Å². The zero-order valence-electron chi connectivity index (χ0n) is 15.6. The van der Waals surface area contributed by atoms with Crippen LogP contribution in [-0.2, 0) is 11.2 Å². The number of hydrogen-bond acceptors (Lipinski definition) is 2. The first-order valence-corrected chi connectivity index (χ1v) is 9.10. The van der Waals surface area contributed by atoms with Crippen molar-refractivity contribution in [3.8, 4) is 0 Å². The third-order valence-electron chi connectivity index (χ3n) is 4.98. The number of rotatable bonds is 4. The van der Waals surface area contributed by atoms with E-state index in [1.165, 1.54) is 19.1 Å². The smallest absolute Gasteiger partial charge is 0.321 e. The van der Waals surface area contributed by atoms with Gasteiger partial charge < -0.3 is 15.1 Å². The Kier molecular flexibility index (Phi) is 5.74. The summed E-state index contributed by atoms with van der Waals surface area (Å²) in [5.41, 5.74) is 2.35. The first kappa shape index (κ1) is 18.9. The maximum atomic E-state index is 13.4. The molecule has 1 heterocycles. The molecular formula is C21H24FN3O2. The second-order valence-corrected chi connectivity index (χ2v) is 6.88. The molecule has 5 nitrogen and oxygen atoms in total. The Morgan fingerprint density at radius 3 is 2.63 bits per heavy atom. The van der Waals surface area contributed by atoms with Crippen LogP contribution in [0.2, 0.25) is 0 Å². The van der Waals surface area contributed by atoms with Gasteiger partial charge in [0.15, 0.2) is 0 Å². The van der Waals surface area contributed by atoms with Crippen molar-refractivity contribution in [1.82, 2.24) is 4.90 Å². The van der Waals surface area contributed by atoms with Gasteiger partial charge in [-0.2, -0.15) is 0 Å². The highest BCUT2D eigenvalue weighted by atomic mass is 19.1. The number of nitrogens with zero attached hydrogens (tertiary/aromatic N) is 2. The van der Waals surface area contributed by atoms with Crippen molar-refractivity contribution in [2.24, 2.45) is 0 Å². The van der Waals surface area contributed by atoms with Gasteiger partial charge in [0.25, 0.3) is 0 Å². The number of benzene rings is 2. The third-order valence-corrected chi connectivity index (χ3v) is 4.98. The van der Waals surface area contributed by atoms with Gasteiger partial charge in [-0.1, -0.05) is 12.1 Å². The summed E-state index contributed by atoms with van der Waals surface area (Å²) < 4.78 is 13.4. The van der Waals surface area contributed by atoms with Crippen LogP contribution in [0, 0.1) is 5.82 Å². The van der Waals surface area contributed by atoms with Gasteiger partial charge in [-0.25, -0.2) is 9.18 Å². The number of anilines is 2. The average Bonchev–Trinajstić information content (AvgIpc) is 3.10. The number of amides is 3. The fraction of sp³-hybridized carbons (Fsp3) is 0.333. The van der Waals surface area contributed by atoms with E-state index in [-0.39, 0.29) is 23.8 Å². The molecule has 0 aliphatic carbocycles. The number of carbonyl (C=O) groups excluding carboxylic acids is 2. The van der Waals surface area contributed by atoms with Gasteiger partial charge >= 0.3 is 6.03 Å². The molecule has 1 saturated heterocycles. The van der Waals surface area contributed by atoms with Crippen molar-refractivity contribution in [2.75, 3.05) is 23.8 Å². The Morgan fingerprint density at radius 1 is 1.22 bits per heavy atom. The number of carbonyl (C=O) groups is 2. The fourth-order valence-electron chi connectivity index (χ4n) is 3.40. The largest absolute Gasteiger partial charge is 0.322 e. The molecule has 27 heavy (non-hydrogen) atoms. The Balaban J connectivity index is 1.63. The summed E-state index contributed by atoms with van der Waals surface area (Å²) in [4.78, 5) is 27.5. The number of likely N-dealkylation sites (tertiary alicyclic amines) is 1. The van der Waals surface area contributed by atoms with Crippen LogP contribution in [0.4, 0.5) is 20.6 Å². The molecule has 0 radical (unpaired) electrons. The molecule has 3 amide bonds. The zero-order chi connectivity index (χ0) is 19.4. The number of halogens is 1. The number of nitrogens with one attached hydrogen (secondary N) is 1. The second kappa shape index (κ2) is 8.20. The molecule has 1 atom stereocenters. The molecule has 0 unspecified atom stereocenters. The molecule has 0 spiro atoms. The van der Waals surface area contributed by atoms with Crippen LogP contribution in [0.1, 0.15) is 25.3 Å². The summed E-state index contributed by atoms with van der Waals surface area (Å²) in [6.45, 7) is 2.19. The summed E-state index contributed by atoms with van der Waals surface area (Å²) >= 11 is 0. The summed E-state index contributed by atoms with van der Waals surface area (Å²) in [6.07, 6.45) is 2.50. The highest BCUT2D eigenvalue weighted by Gasteiger charge is 2.29. The lowest BCUT2D eigenvalue weighted by atomic mass is 10.0. The molecule has 0 saturated carbocycles. The lowest BCUT2D eigenvalue weighted by Gasteiger charge is -2.25. The Bertz CT molecular complexity index is 822. The van der Waals surface area contributed by atoms with E-state index in [1.54, 1.807) is 42.3 Å². The van der Waals surface area contributed by atoms with Crippen molar-refractivity contribution >= 4 is 23.3 Å². The maximum Gasteiger partial charge on any atom is 0.322 e. The van der Waals surface area contributed by atoms with E-state index in [0.29, 0.717) is 18.7 Å². The summed E-state index contributed by atoms with van der Waals surface area (Å²) in [7, 11) is 1.71. The molecular weight excluding hydrogens is 345 g/mol.